The van der Waals surface area contributed by atoms with Gasteiger partial charge in [0, 0.05) is 42.6 Å². The van der Waals surface area contributed by atoms with Crippen LogP contribution in [0.15, 0.2) is 48.5 Å². The van der Waals surface area contributed by atoms with E-state index in [4.69, 9.17) is 0 Å². The van der Waals surface area contributed by atoms with Crippen LogP contribution in [0.1, 0.15) is 24.2 Å². The Kier molecular flexibility index (Phi) is 7.14. The van der Waals surface area contributed by atoms with Crippen LogP contribution in [0.25, 0.3) is 0 Å². The molecule has 0 radical (unpaired) electrons. The summed E-state index contributed by atoms with van der Waals surface area (Å²) in [5.41, 5.74) is 2.55. The molecule has 3 N–H and O–H groups in total. The third kappa shape index (κ3) is 6.12. The van der Waals surface area contributed by atoms with Crippen LogP contribution in [0.4, 0.5) is 17.1 Å². The van der Waals surface area contributed by atoms with Crippen molar-refractivity contribution in [2.45, 2.75) is 13.8 Å². The van der Waals surface area contributed by atoms with Crippen LogP contribution in [-0.4, -0.2) is 43.3 Å². The molecule has 28 heavy (non-hydrogen) atoms. The minimum absolute atomic E-state index is 0.0730. The molecule has 7 nitrogen and oxygen atoms in total. The maximum atomic E-state index is 12.2. The Morgan fingerprint density at radius 1 is 0.893 bits per heavy atom. The minimum atomic E-state index is -0.221. The predicted octanol–water partition coefficient (Wildman–Crippen LogP) is 3.03. The Bertz CT molecular complexity index is 845. The maximum absolute atomic E-state index is 12.2. The second kappa shape index (κ2) is 9.55. The molecule has 0 saturated heterocycles. The van der Waals surface area contributed by atoms with E-state index < -0.39 is 0 Å². The largest absolute Gasteiger partial charge is 0.376 e. The highest BCUT2D eigenvalue weighted by atomic mass is 16.2. The summed E-state index contributed by atoms with van der Waals surface area (Å²) in [4.78, 5) is 37.3. The lowest BCUT2D eigenvalue weighted by molar-refractivity contribution is -0.119. The van der Waals surface area contributed by atoms with E-state index in [2.05, 4.69) is 16.0 Å². The molecule has 2 rings (SSSR count). The number of hydrogen-bond acceptors (Lipinski definition) is 4. The van der Waals surface area contributed by atoms with E-state index in [0.717, 1.165) is 5.69 Å². The van der Waals surface area contributed by atoms with Crippen LogP contribution < -0.4 is 16.0 Å². The van der Waals surface area contributed by atoms with E-state index in [1.165, 1.54) is 4.90 Å². The van der Waals surface area contributed by atoms with E-state index in [1.54, 1.807) is 62.6 Å². The Labute approximate surface area is 165 Å². The summed E-state index contributed by atoms with van der Waals surface area (Å²) in [6, 6.07) is 13.9. The Balaban J connectivity index is 1.89. The van der Waals surface area contributed by atoms with Crippen LogP contribution in [0.5, 0.6) is 0 Å². The van der Waals surface area contributed by atoms with Gasteiger partial charge in [0.15, 0.2) is 0 Å². The van der Waals surface area contributed by atoms with Crippen LogP contribution in [0.3, 0.4) is 0 Å². The van der Waals surface area contributed by atoms with Gasteiger partial charge in [-0.15, -0.1) is 0 Å². The van der Waals surface area contributed by atoms with Crippen LogP contribution in [0.2, 0.25) is 0 Å². The molecule has 3 amide bonds. The summed E-state index contributed by atoms with van der Waals surface area (Å²) in [6.07, 6.45) is 0. The van der Waals surface area contributed by atoms with Crippen molar-refractivity contribution in [3.05, 3.63) is 54.1 Å². The highest BCUT2D eigenvalue weighted by molar-refractivity contribution is 5.96. The average molecular weight is 382 g/mol. The Morgan fingerprint density at radius 2 is 1.50 bits per heavy atom. The van der Waals surface area contributed by atoms with Crippen molar-refractivity contribution in [2.75, 3.05) is 36.6 Å². The van der Waals surface area contributed by atoms with Crippen LogP contribution in [0, 0.1) is 5.92 Å². The summed E-state index contributed by atoms with van der Waals surface area (Å²) in [5.74, 6) is -0.502. The van der Waals surface area contributed by atoms with Gasteiger partial charge in [-0.3, -0.25) is 14.4 Å². The monoisotopic (exact) mass is 382 g/mol. The first-order valence-corrected chi connectivity index (χ1v) is 9.02. The molecule has 2 aromatic carbocycles. The quantitative estimate of drug-likeness (QED) is 0.686. The number of carbonyl (C=O) groups is 3. The molecule has 0 bridgehead atoms. The van der Waals surface area contributed by atoms with Crippen molar-refractivity contribution in [1.29, 1.82) is 0 Å². The number of amides is 3. The van der Waals surface area contributed by atoms with Gasteiger partial charge in [-0.25, -0.2) is 0 Å². The topological polar surface area (TPSA) is 90.5 Å². The minimum Gasteiger partial charge on any atom is -0.376 e. The highest BCUT2D eigenvalue weighted by Gasteiger charge is 2.09. The van der Waals surface area contributed by atoms with Crippen LogP contribution >= 0.6 is 0 Å². The molecule has 0 aliphatic heterocycles. The fourth-order valence-corrected chi connectivity index (χ4v) is 2.34. The van der Waals surface area contributed by atoms with Crippen molar-refractivity contribution in [3.63, 3.8) is 0 Å². The fraction of sp³-hybridized carbons (Fsp3) is 0.286. The number of carbonyl (C=O) groups excluding carboxylic acids is 3. The molecule has 0 unspecified atom stereocenters. The SMILES string of the molecule is CC(C)C(=O)Nc1cccc(NC(=O)CNc2ccc(C(=O)N(C)C)cc2)c1. The third-order valence-corrected chi connectivity index (χ3v) is 3.93. The van der Waals surface area contributed by atoms with Crippen LogP contribution in [-0.2, 0) is 9.59 Å². The summed E-state index contributed by atoms with van der Waals surface area (Å²) >= 11 is 0. The molecule has 0 saturated carbocycles. The third-order valence-electron chi connectivity index (χ3n) is 3.93. The first-order chi connectivity index (χ1) is 13.3. The fourth-order valence-electron chi connectivity index (χ4n) is 2.34. The molecule has 0 aliphatic rings. The number of nitrogens with zero attached hydrogens (tertiary/aromatic N) is 1. The first kappa shape index (κ1) is 21.0. The van der Waals surface area contributed by atoms with Gasteiger partial charge in [0.2, 0.25) is 11.8 Å². The highest BCUT2D eigenvalue weighted by Crippen LogP contribution is 2.16. The standard InChI is InChI=1S/C21H26N4O3/c1-14(2)20(27)24-18-7-5-6-17(12-18)23-19(26)13-22-16-10-8-15(9-11-16)21(28)25(3)4/h5-12,14,22H,13H2,1-4H3,(H,23,26)(H,24,27). The lowest BCUT2D eigenvalue weighted by Crippen LogP contribution is -2.23. The van der Waals surface area contributed by atoms with E-state index in [1.807, 2.05) is 13.8 Å². The smallest absolute Gasteiger partial charge is 0.253 e. The lowest BCUT2D eigenvalue weighted by atomic mass is 10.2. The zero-order chi connectivity index (χ0) is 20.7. The molecule has 0 fully saturated rings. The normalized spacial score (nSPS) is 10.3. The van der Waals surface area contributed by atoms with Crippen molar-refractivity contribution >= 4 is 34.8 Å². The second-order valence-corrected chi connectivity index (χ2v) is 6.90. The zero-order valence-corrected chi connectivity index (χ0v) is 16.6. The van der Waals surface area contributed by atoms with Gasteiger partial charge >= 0.3 is 0 Å². The van der Waals surface area contributed by atoms with Crippen molar-refractivity contribution < 1.29 is 14.4 Å². The number of nitrogens with one attached hydrogen (secondary N) is 3. The first-order valence-electron chi connectivity index (χ1n) is 9.02. The molecular weight excluding hydrogens is 356 g/mol. The second-order valence-electron chi connectivity index (χ2n) is 6.90. The zero-order valence-electron chi connectivity index (χ0n) is 16.6. The molecule has 7 heteroatoms. The number of hydrogen-bond donors (Lipinski definition) is 3. The number of benzene rings is 2. The van der Waals surface area contributed by atoms with Gasteiger partial charge in [0.05, 0.1) is 6.54 Å². The predicted molar refractivity (Wildman–Crippen MR) is 111 cm³/mol. The van der Waals surface area contributed by atoms with Gasteiger partial charge in [-0.05, 0) is 42.5 Å². The summed E-state index contributed by atoms with van der Waals surface area (Å²) in [7, 11) is 3.39. The van der Waals surface area contributed by atoms with Crippen molar-refractivity contribution in [2.24, 2.45) is 5.92 Å². The Hall–Kier alpha value is -3.35. The lowest BCUT2D eigenvalue weighted by Gasteiger charge is -2.12. The molecule has 0 heterocycles. The van der Waals surface area contributed by atoms with E-state index in [9.17, 15) is 14.4 Å². The number of rotatable bonds is 7. The van der Waals surface area contributed by atoms with Crippen molar-refractivity contribution in [1.82, 2.24) is 4.90 Å². The van der Waals surface area contributed by atoms with E-state index in [0.29, 0.717) is 16.9 Å². The summed E-state index contributed by atoms with van der Waals surface area (Å²) in [5, 5.41) is 8.60. The number of anilines is 3. The molecular formula is C21H26N4O3. The summed E-state index contributed by atoms with van der Waals surface area (Å²) < 4.78 is 0. The van der Waals surface area contributed by atoms with Gasteiger partial charge in [0.25, 0.3) is 5.91 Å². The maximum Gasteiger partial charge on any atom is 0.253 e. The molecule has 148 valence electrons. The van der Waals surface area contributed by atoms with Gasteiger partial charge in [-0.1, -0.05) is 19.9 Å². The molecule has 2 aromatic rings. The molecule has 0 aliphatic carbocycles. The van der Waals surface area contributed by atoms with Gasteiger partial charge < -0.3 is 20.9 Å². The van der Waals surface area contributed by atoms with E-state index >= 15 is 0 Å². The van der Waals surface area contributed by atoms with Gasteiger partial charge in [0.1, 0.15) is 0 Å². The van der Waals surface area contributed by atoms with Crippen molar-refractivity contribution in [3.8, 4) is 0 Å². The average Bonchev–Trinajstić information content (AvgIpc) is 2.66. The Morgan fingerprint density at radius 3 is 2.07 bits per heavy atom. The van der Waals surface area contributed by atoms with E-state index in [-0.39, 0.29) is 30.2 Å². The molecule has 0 spiro atoms. The molecule has 0 atom stereocenters. The van der Waals surface area contributed by atoms with Gasteiger partial charge in [-0.2, -0.15) is 0 Å². The summed E-state index contributed by atoms with van der Waals surface area (Å²) in [6.45, 7) is 3.70. The molecule has 0 aromatic heterocycles.